The number of nitrogen functional groups attached to an aromatic ring is 1. The molecule has 32 heavy (non-hydrogen) atoms. The maximum Gasteiger partial charge on any atom is 0.284 e. The zero-order valence-corrected chi connectivity index (χ0v) is 19.3. The number of nitrogens with two attached hydrogens (primary N) is 1. The van der Waals surface area contributed by atoms with Crippen molar-refractivity contribution in [2.45, 2.75) is 13.0 Å². The number of hydrogen-bond acceptors (Lipinski definition) is 7. The molecule has 4 rings (SSSR count). The molecule has 3 aromatic rings. The van der Waals surface area contributed by atoms with Gasteiger partial charge in [-0.3, -0.25) is 4.79 Å². The summed E-state index contributed by atoms with van der Waals surface area (Å²) in [7, 11) is 3.19. The van der Waals surface area contributed by atoms with Crippen LogP contribution in [0.3, 0.4) is 0 Å². The van der Waals surface area contributed by atoms with Crippen LogP contribution in [0.4, 0.5) is 17.1 Å². The molecule has 2 aromatic carbocycles. The van der Waals surface area contributed by atoms with Crippen LogP contribution in [-0.4, -0.2) is 41.7 Å². The zero-order chi connectivity index (χ0) is 22.7. The number of amides is 1. The Bertz CT molecular complexity index is 1150. The van der Waals surface area contributed by atoms with Gasteiger partial charge in [0.1, 0.15) is 11.5 Å². The van der Waals surface area contributed by atoms with Gasteiger partial charge in [-0.15, -0.1) is 11.3 Å². The molecule has 166 valence electrons. The predicted molar refractivity (Wildman–Crippen MR) is 131 cm³/mol. The van der Waals surface area contributed by atoms with Crippen LogP contribution < -0.4 is 25.8 Å². The topological polar surface area (TPSA) is 102 Å². The SMILES string of the molecule is COc1ccc(NC(=S)N2CCc3nc(C(=O)Nc4cc(OC)ccc4N)sc3C2)cc1. The normalized spacial score (nSPS) is 12.6. The van der Waals surface area contributed by atoms with E-state index >= 15 is 0 Å². The van der Waals surface area contributed by atoms with Crippen molar-refractivity contribution in [3.63, 3.8) is 0 Å². The van der Waals surface area contributed by atoms with Gasteiger partial charge in [0.2, 0.25) is 0 Å². The number of nitrogens with one attached hydrogen (secondary N) is 2. The Morgan fingerprint density at radius 2 is 1.84 bits per heavy atom. The lowest BCUT2D eigenvalue weighted by Gasteiger charge is -2.28. The van der Waals surface area contributed by atoms with Crippen molar-refractivity contribution in [3.05, 3.63) is 58.0 Å². The molecular formula is C22H23N5O3S2. The van der Waals surface area contributed by atoms with E-state index in [1.54, 1.807) is 32.4 Å². The molecule has 0 saturated heterocycles. The second-order valence-corrected chi connectivity index (χ2v) is 8.60. The summed E-state index contributed by atoms with van der Waals surface area (Å²) in [6.45, 7) is 1.33. The second kappa shape index (κ2) is 9.41. The fourth-order valence-corrected chi connectivity index (χ4v) is 4.58. The molecule has 0 bridgehead atoms. The van der Waals surface area contributed by atoms with E-state index in [2.05, 4.69) is 20.5 Å². The highest BCUT2D eigenvalue weighted by Crippen LogP contribution is 2.29. The summed E-state index contributed by atoms with van der Waals surface area (Å²) in [5, 5.41) is 7.11. The number of carbonyl (C=O) groups is 1. The first-order chi connectivity index (χ1) is 15.5. The number of fused-ring (bicyclic) bond motifs is 1. The van der Waals surface area contributed by atoms with Crippen molar-refractivity contribution in [2.24, 2.45) is 0 Å². The van der Waals surface area contributed by atoms with Gasteiger partial charge >= 0.3 is 0 Å². The third kappa shape index (κ3) is 4.76. The predicted octanol–water partition coefficient (Wildman–Crippen LogP) is 3.75. The summed E-state index contributed by atoms with van der Waals surface area (Å²) in [6.07, 6.45) is 0.713. The molecule has 1 aliphatic heterocycles. The van der Waals surface area contributed by atoms with Crippen LogP contribution in [0.2, 0.25) is 0 Å². The number of thiocarbonyl (C=S) groups is 1. The molecule has 0 saturated carbocycles. The van der Waals surface area contributed by atoms with Gasteiger partial charge in [-0.05, 0) is 48.6 Å². The smallest absolute Gasteiger partial charge is 0.284 e. The van der Waals surface area contributed by atoms with Crippen molar-refractivity contribution in [2.75, 3.05) is 37.1 Å². The van der Waals surface area contributed by atoms with Crippen LogP contribution in [-0.2, 0) is 13.0 Å². The van der Waals surface area contributed by atoms with Crippen molar-refractivity contribution in [1.29, 1.82) is 0 Å². The van der Waals surface area contributed by atoms with E-state index in [9.17, 15) is 4.79 Å². The molecule has 10 heteroatoms. The number of thiazole rings is 1. The molecule has 2 heterocycles. The first-order valence-electron chi connectivity index (χ1n) is 9.90. The number of nitrogens with zero attached hydrogens (tertiary/aromatic N) is 2. The first-order valence-corrected chi connectivity index (χ1v) is 11.1. The second-order valence-electron chi connectivity index (χ2n) is 7.13. The molecule has 0 unspecified atom stereocenters. The average molecular weight is 470 g/mol. The molecule has 1 aromatic heterocycles. The van der Waals surface area contributed by atoms with Gasteiger partial charge in [0.15, 0.2) is 10.1 Å². The molecule has 0 radical (unpaired) electrons. The van der Waals surface area contributed by atoms with E-state index in [-0.39, 0.29) is 5.91 Å². The summed E-state index contributed by atoms with van der Waals surface area (Å²) in [5.74, 6) is 1.10. The van der Waals surface area contributed by atoms with Gasteiger partial charge in [0.05, 0.1) is 37.8 Å². The monoisotopic (exact) mass is 469 g/mol. The quantitative estimate of drug-likeness (QED) is 0.384. The largest absolute Gasteiger partial charge is 0.497 e. The van der Waals surface area contributed by atoms with Gasteiger partial charge in [0.25, 0.3) is 5.91 Å². The molecule has 0 fully saturated rings. The molecule has 0 aliphatic carbocycles. The molecule has 0 spiro atoms. The highest BCUT2D eigenvalue weighted by Gasteiger charge is 2.25. The minimum Gasteiger partial charge on any atom is -0.497 e. The Balaban J connectivity index is 1.42. The summed E-state index contributed by atoms with van der Waals surface area (Å²) in [4.78, 5) is 20.4. The number of carbonyl (C=O) groups excluding carboxylic acids is 1. The third-order valence-electron chi connectivity index (χ3n) is 5.06. The molecule has 1 amide bonds. The Labute approximate surface area is 195 Å². The maximum absolute atomic E-state index is 12.8. The van der Waals surface area contributed by atoms with Gasteiger partial charge in [-0.25, -0.2) is 4.98 Å². The molecular weight excluding hydrogens is 446 g/mol. The molecule has 0 atom stereocenters. The Morgan fingerprint density at radius 1 is 1.12 bits per heavy atom. The first kappa shape index (κ1) is 21.8. The Hall–Kier alpha value is -3.37. The highest BCUT2D eigenvalue weighted by molar-refractivity contribution is 7.80. The summed E-state index contributed by atoms with van der Waals surface area (Å²) >= 11 is 6.96. The standard InChI is InChI=1S/C22H23N5O3S2/c1-29-14-5-3-13(4-6-14)24-22(31)27-10-9-17-19(12-27)32-21(26-17)20(28)25-18-11-15(30-2)7-8-16(18)23/h3-8,11H,9-10,12,23H2,1-2H3,(H,24,31)(H,25,28). The van der Waals surface area contributed by atoms with E-state index < -0.39 is 0 Å². The number of methoxy groups -OCH3 is 2. The minimum absolute atomic E-state index is 0.296. The number of ether oxygens (including phenoxy) is 2. The van der Waals surface area contributed by atoms with Crippen LogP contribution in [0.15, 0.2) is 42.5 Å². The minimum atomic E-state index is -0.296. The Kier molecular flexibility index (Phi) is 6.42. The van der Waals surface area contributed by atoms with E-state index in [1.807, 2.05) is 24.3 Å². The third-order valence-corrected chi connectivity index (χ3v) is 6.50. The lowest BCUT2D eigenvalue weighted by Crippen LogP contribution is -2.38. The summed E-state index contributed by atoms with van der Waals surface area (Å²) < 4.78 is 10.4. The van der Waals surface area contributed by atoms with Crippen LogP contribution in [0, 0.1) is 0 Å². The van der Waals surface area contributed by atoms with Gasteiger partial charge in [-0.1, -0.05) is 0 Å². The Morgan fingerprint density at radius 3 is 2.56 bits per heavy atom. The fraction of sp³-hybridized carbons (Fsp3) is 0.227. The van der Waals surface area contributed by atoms with Crippen LogP contribution in [0.25, 0.3) is 0 Å². The van der Waals surface area contributed by atoms with Crippen LogP contribution in [0.1, 0.15) is 20.4 Å². The zero-order valence-electron chi connectivity index (χ0n) is 17.7. The molecule has 8 nitrogen and oxygen atoms in total. The molecule has 1 aliphatic rings. The highest BCUT2D eigenvalue weighted by atomic mass is 32.1. The lowest BCUT2D eigenvalue weighted by atomic mass is 10.2. The van der Waals surface area contributed by atoms with E-state index in [4.69, 9.17) is 27.4 Å². The van der Waals surface area contributed by atoms with E-state index in [0.717, 1.165) is 28.6 Å². The van der Waals surface area contributed by atoms with Crippen molar-refractivity contribution in [1.82, 2.24) is 9.88 Å². The van der Waals surface area contributed by atoms with Crippen LogP contribution in [0.5, 0.6) is 11.5 Å². The lowest BCUT2D eigenvalue weighted by molar-refractivity contribution is 0.102. The van der Waals surface area contributed by atoms with Crippen molar-refractivity contribution < 1.29 is 14.3 Å². The van der Waals surface area contributed by atoms with Gasteiger partial charge in [0, 0.05) is 29.6 Å². The van der Waals surface area contributed by atoms with E-state index in [1.165, 1.54) is 11.3 Å². The van der Waals surface area contributed by atoms with Gasteiger partial charge < -0.3 is 30.7 Å². The van der Waals surface area contributed by atoms with Crippen molar-refractivity contribution in [3.8, 4) is 11.5 Å². The van der Waals surface area contributed by atoms with Gasteiger partial charge in [-0.2, -0.15) is 0 Å². The number of anilines is 3. The summed E-state index contributed by atoms with van der Waals surface area (Å²) in [6, 6.07) is 12.7. The number of hydrogen-bond donors (Lipinski definition) is 3. The fourth-order valence-electron chi connectivity index (χ4n) is 3.29. The number of benzene rings is 2. The van der Waals surface area contributed by atoms with Crippen molar-refractivity contribution >= 4 is 51.6 Å². The summed E-state index contributed by atoms with van der Waals surface area (Å²) in [5.41, 5.74) is 8.75. The maximum atomic E-state index is 12.8. The number of rotatable bonds is 5. The molecule has 4 N–H and O–H groups in total. The van der Waals surface area contributed by atoms with E-state index in [0.29, 0.717) is 40.2 Å². The number of aromatic nitrogens is 1. The van der Waals surface area contributed by atoms with Crippen LogP contribution >= 0.6 is 23.6 Å². The average Bonchev–Trinajstić information content (AvgIpc) is 3.24.